The molecule has 0 bridgehead atoms. The summed E-state index contributed by atoms with van der Waals surface area (Å²) in [6.07, 6.45) is 3.39. The Hall–Kier alpha value is -1.36. The van der Waals surface area contributed by atoms with Crippen LogP contribution >= 0.6 is 0 Å². The Labute approximate surface area is 90.1 Å². The third kappa shape index (κ3) is 3.36. The van der Waals surface area contributed by atoms with Gasteiger partial charge in [-0.25, -0.2) is 9.97 Å². The maximum Gasteiger partial charge on any atom is 0.134 e. The average molecular weight is 210 g/mol. The summed E-state index contributed by atoms with van der Waals surface area (Å²) in [5, 5.41) is 3.18. The molecule has 0 aliphatic carbocycles. The van der Waals surface area contributed by atoms with E-state index < -0.39 is 0 Å². The van der Waals surface area contributed by atoms with Crippen molar-refractivity contribution in [3.63, 3.8) is 0 Å². The standard InChI is InChI=1S/C10H18N4O/c1-3-4-8-9(11)13-7-14-10(8)12-5-6-15-2/h7H,3-6H2,1-2H3,(H3,11,12,13,14). The van der Waals surface area contributed by atoms with Gasteiger partial charge in [-0.1, -0.05) is 13.3 Å². The second-order valence-corrected chi connectivity index (χ2v) is 3.26. The van der Waals surface area contributed by atoms with Crippen molar-refractivity contribution in [1.29, 1.82) is 0 Å². The van der Waals surface area contributed by atoms with E-state index in [1.54, 1.807) is 7.11 Å². The Kier molecular flexibility index (Phi) is 4.83. The number of methoxy groups -OCH3 is 1. The van der Waals surface area contributed by atoms with Gasteiger partial charge in [-0.2, -0.15) is 0 Å². The van der Waals surface area contributed by atoms with Gasteiger partial charge in [-0.3, -0.25) is 0 Å². The number of aromatic nitrogens is 2. The molecule has 15 heavy (non-hydrogen) atoms. The molecule has 1 aromatic heterocycles. The lowest BCUT2D eigenvalue weighted by Gasteiger charge is -2.11. The van der Waals surface area contributed by atoms with Crippen molar-refractivity contribution >= 4 is 11.6 Å². The summed E-state index contributed by atoms with van der Waals surface area (Å²) in [7, 11) is 1.67. The third-order valence-electron chi connectivity index (χ3n) is 2.08. The molecule has 1 aromatic rings. The minimum Gasteiger partial charge on any atom is -0.383 e. The van der Waals surface area contributed by atoms with Gasteiger partial charge in [0.05, 0.1) is 6.61 Å². The van der Waals surface area contributed by atoms with Crippen molar-refractivity contribution < 1.29 is 4.74 Å². The fourth-order valence-corrected chi connectivity index (χ4v) is 1.35. The molecule has 3 N–H and O–H groups in total. The van der Waals surface area contributed by atoms with Gasteiger partial charge in [0.2, 0.25) is 0 Å². The number of nitrogens with one attached hydrogen (secondary N) is 1. The van der Waals surface area contributed by atoms with E-state index >= 15 is 0 Å². The summed E-state index contributed by atoms with van der Waals surface area (Å²) < 4.78 is 4.96. The van der Waals surface area contributed by atoms with Crippen molar-refractivity contribution in [1.82, 2.24) is 9.97 Å². The highest BCUT2D eigenvalue weighted by Crippen LogP contribution is 2.18. The fraction of sp³-hybridized carbons (Fsp3) is 0.600. The largest absolute Gasteiger partial charge is 0.383 e. The first-order valence-corrected chi connectivity index (χ1v) is 5.11. The second-order valence-electron chi connectivity index (χ2n) is 3.26. The summed E-state index contributed by atoms with van der Waals surface area (Å²) in [6, 6.07) is 0. The van der Waals surface area contributed by atoms with Crippen LogP contribution in [0.3, 0.4) is 0 Å². The molecule has 5 nitrogen and oxygen atoms in total. The summed E-state index contributed by atoms with van der Waals surface area (Å²) in [5.41, 5.74) is 6.79. The van der Waals surface area contributed by atoms with Crippen molar-refractivity contribution in [2.45, 2.75) is 19.8 Å². The summed E-state index contributed by atoms with van der Waals surface area (Å²) in [6.45, 7) is 3.48. The molecule has 0 radical (unpaired) electrons. The lowest BCUT2D eigenvalue weighted by molar-refractivity contribution is 0.210. The first kappa shape index (κ1) is 11.7. The van der Waals surface area contributed by atoms with E-state index in [1.807, 2.05) is 0 Å². The van der Waals surface area contributed by atoms with Gasteiger partial charge in [0.25, 0.3) is 0 Å². The third-order valence-corrected chi connectivity index (χ3v) is 2.08. The minimum atomic E-state index is 0.562. The number of rotatable bonds is 6. The topological polar surface area (TPSA) is 73.1 Å². The molecule has 0 spiro atoms. The molecule has 1 heterocycles. The highest BCUT2D eigenvalue weighted by Gasteiger charge is 2.07. The van der Waals surface area contributed by atoms with Gasteiger partial charge in [-0.15, -0.1) is 0 Å². The van der Waals surface area contributed by atoms with Gasteiger partial charge in [0.15, 0.2) is 0 Å². The predicted molar refractivity (Wildman–Crippen MR) is 60.8 cm³/mol. The lowest BCUT2D eigenvalue weighted by atomic mass is 10.1. The SMILES string of the molecule is CCCc1c(N)ncnc1NCCOC. The van der Waals surface area contributed by atoms with Gasteiger partial charge in [0.1, 0.15) is 18.0 Å². The zero-order chi connectivity index (χ0) is 11.1. The summed E-state index contributed by atoms with van der Waals surface area (Å²) in [4.78, 5) is 8.15. The van der Waals surface area contributed by atoms with E-state index in [4.69, 9.17) is 10.5 Å². The highest BCUT2D eigenvalue weighted by atomic mass is 16.5. The zero-order valence-corrected chi connectivity index (χ0v) is 9.29. The average Bonchev–Trinajstić information content (AvgIpc) is 2.23. The van der Waals surface area contributed by atoms with Crippen LogP contribution in [-0.2, 0) is 11.2 Å². The molecule has 0 aromatic carbocycles. The Morgan fingerprint density at radius 1 is 1.47 bits per heavy atom. The molecule has 0 fully saturated rings. The number of anilines is 2. The Balaban J connectivity index is 2.71. The Morgan fingerprint density at radius 3 is 2.93 bits per heavy atom. The minimum absolute atomic E-state index is 0.562. The predicted octanol–water partition coefficient (Wildman–Crippen LogP) is 1.07. The maximum atomic E-state index is 5.79. The van der Waals surface area contributed by atoms with E-state index in [0.717, 1.165) is 30.8 Å². The van der Waals surface area contributed by atoms with Crippen LogP contribution in [0.15, 0.2) is 6.33 Å². The molecule has 1 rings (SSSR count). The fourth-order valence-electron chi connectivity index (χ4n) is 1.35. The monoisotopic (exact) mass is 210 g/mol. The molecule has 0 amide bonds. The normalized spacial score (nSPS) is 10.3. The summed E-state index contributed by atoms with van der Waals surface area (Å²) in [5.74, 6) is 1.38. The van der Waals surface area contributed by atoms with Gasteiger partial charge in [-0.05, 0) is 6.42 Å². The maximum absolute atomic E-state index is 5.79. The van der Waals surface area contributed by atoms with E-state index in [-0.39, 0.29) is 0 Å². The number of nitrogens with two attached hydrogens (primary N) is 1. The Morgan fingerprint density at radius 2 is 2.27 bits per heavy atom. The van der Waals surface area contributed by atoms with Crippen LogP contribution in [0.5, 0.6) is 0 Å². The zero-order valence-electron chi connectivity index (χ0n) is 9.29. The van der Waals surface area contributed by atoms with Gasteiger partial charge >= 0.3 is 0 Å². The van der Waals surface area contributed by atoms with Crippen LogP contribution in [0.2, 0.25) is 0 Å². The van der Waals surface area contributed by atoms with E-state index in [2.05, 4.69) is 22.2 Å². The molecule has 0 atom stereocenters. The number of hydrogen-bond donors (Lipinski definition) is 2. The highest BCUT2D eigenvalue weighted by molar-refractivity contribution is 5.54. The molecule has 0 saturated heterocycles. The molecular formula is C10H18N4O. The van der Waals surface area contributed by atoms with Crippen molar-refractivity contribution in [3.8, 4) is 0 Å². The Bertz CT molecular complexity index is 303. The van der Waals surface area contributed by atoms with Crippen LogP contribution < -0.4 is 11.1 Å². The van der Waals surface area contributed by atoms with Crippen molar-refractivity contribution in [2.24, 2.45) is 0 Å². The smallest absolute Gasteiger partial charge is 0.134 e. The number of hydrogen-bond acceptors (Lipinski definition) is 5. The van der Waals surface area contributed by atoms with Crippen LogP contribution in [0.25, 0.3) is 0 Å². The molecule has 5 heteroatoms. The van der Waals surface area contributed by atoms with Gasteiger partial charge in [0, 0.05) is 19.2 Å². The van der Waals surface area contributed by atoms with Crippen LogP contribution in [-0.4, -0.2) is 30.2 Å². The van der Waals surface area contributed by atoms with Gasteiger partial charge < -0.3 is 15.8 Å². The van der Waals surface area contributed by atoms with E-state index in [0.29, 0.717) is 12.4 Å². The first-order valence-electron chi connectivity index (χ1n) is 5.11. The number of ether oxygens (including phenoxy) is 1. The summed E-state index contributed by atoms with van der Waals surface area (Å²) >= 11 is 0. The van der Waals surface area contributed by atoms with E-state index in [9.17, 15) is 0 Å². The number of nitrogen functional groups attached to an aromatic ring is 1. The molecule has 84 valence electrons. The van der Waals surface area contributed by atoms with E-state index in [1.165, 1.54) is 6.33 Å². The van der Waals surface area contributed by atoms with Crippen molar-refractivity contribution in [2.75, 3.05) is 31.3 Å². The molecule has 0 unspecified atom stereocenters. The first-order chi connectivity index (χ1) is 7.29. The lowest BCUT2D eigenvalue weighted by Crippen LogP contribution is -2.12. The molecular weight excluding hydrogens is 192 g/mol. The molecule has 0 aliphatic rings. The van der Waals surface area contributed by atoms with Crippen LogP contribution in [0.1, 0.15) is 18.9 Å². The van der Waals surface area contributed by atoms with Crippen molar-refractivity contribution in [3.05, 3.63) is 11.9 Å². The molecule has 0 saturated carbocycles. The quantitative estimate of drug-likeness (QED) is 0.687. The second kappa shape index (κ2) is 6.19. The molecule has 0 aliphatic heterocycles. The van der Waals surface area contributed by atoms with Crippen LogP contribution in [0.4, 0.5) is 11.6 Å². The van der Waals surface area contributed by atoms with Crippen LogP contribution in [0, 0.1) is 0 Å². The number of nitrogens with zero attached hydrogens (tertiary/aromatic N) is 2.